The molecule has 1 aliphatic heterocycles. The molecule has 1 saturated heterocycles. The molecule has 2 atom stereocenters. The molecule has 2 heterocycles. The Morgan fingerprint density at radius 3 is 2.58 bits per heavy atom. The number of benzene rings is 1. The van der Waals surface area contributed by atoms with Crippen molar-refractivity contribution in [2.75, 3.05) is 25.4 Å². The van der Waals surface area contributed by atoms with Crippen molar-refractivity contribution >= 4 is 11.8 Å². The first-order valence-corrected chi connectivity index (χ1v) is 13.3. The van der Waals surface area contributed by atoms with E-state index in [-0.39, 0.29) is 5.41 Å². The molecule has 3 aliphatic rings. The van der Waals surface area contributed by atoms with Crippen LogP contribution < -0.4 is 0 Å². The maximum Gasteiger partial charge on any atom is 0.416 e. The Labute approximate surface area is 198 Å². The number of hydrogen-bond donors (Lipinski definition) is 0. The summed E-state index contributed by atoms with van der Waals surface area (Å²) in [6.07, 6.45) is 5.53. The van der Waals surface area contributed by atoms with Gasteiger partial charge in [-0.15, -0.1) is 10.2 Å². The second-order valence-corrected chi connectivity index (χ2v) is 11.3. The zero-order valence-corrected chi connectivity index (χ0v) is 20.1. The van der Waals surface area contributed by atoms with E-state index in [1.807, 2.05) is 0 Å². The highest BCUT2D eigenvalue weighted by atomic mass is 32.2. The number of rotatable bonds is 7. The molecule has 3 fully saturated rings. The summed E-state index contributed by atoms with van der Waals surface area (Å²) in [4.78, 5) is 2.54. The molecule has 2 saturated carbocycles. The number of aromatic nitrogens is 3. The zero-order valence-electron chi connectivity index (χ0n) is 19.3. The van der Waals surface area contributed by atoms with E-state index in [0.717, 1.165) is 61.2 Å². The van der Waals surface area contributed by atoms with Gasteiger partial charge in [0.25, 0.3) is 0 Å². The molecule has 8 heteroatoms. The molecule has 4 nitrogen and oxygen atoms in total. The maximum atomic E-state index is 12.8. The van der Waals surface area contributed by atoms with Crippen LogP contribution in [-0.2, 0) is 13.2 Å². The Kier molecular flexibility index (Phi) is 6.51. The van der Waals surface area contributed by atoms with Crippen molar-refractivity contribution < 1.29 is 13.2 Å². The predicted molar refractivity (Wildman–Crippen MR) is 124 cm³/mol. The van der Waals surface area contributed by atoms with Crippen LogP contribution in [0.25, 0.3) is 0 Å². The Morgan fingerprint density at radius 1 is 1.09 bits per heavy atom. The van der Waals surface area contributed by atoms with Crippen LogP contribution in [0.3, 0.4) is 0 Å². The monoisotopic (exact) mass is 478 g/mol. The van der Waals surface area contributed by atoms with E-state index in [1.54, 1.807) is 23.9 Å². The molecule has 0 radical (unpaired) electrons. The van der Waals surface area contributed by atoms with Crippen molar-refractivity contribution in [3.05, 3.63) is 41.2 Å². The fraction of sp³-hybridized carbons (Fsp3) is 0.680. The predicted octanol–water partition coefficient (Wildman–Crippen LogP) is 6.24. The molecule has 1 aromatic carbocycles. The molecule has 33 heavy (non-hydrogen) atoms. The average Bonchev–Trinajstić information content (AvgIpc) is 3.15. The Bertz CT molecular complexity index is 952. The first-order valence-electron chi connectivity index (χ1n) is 12.3. The van der Waals surface area contributed by atoms with Crippen molar-refractivity contribution in [2.45, 2.75) is 74.5 Å². The Balaban J connectivity index is 1.06. The van der Waals surface area contributed by atoms with Crippen molar-refractivity contribution in [3.8, 4) is 0 Å². The summed E-state index contributed by atoms with van der Waals surface area (Å²) in [5.74, 6) is 3.17. The molecule has 2 aromatic rings. The van der Waals surface area contributed by atoms with Crippen LogP contribution in [0.1, 0.15) is 80.2 Å². The summed E-state index contributed by atoms with van der Waals surface area (Å²) >= 11 is 1.80. The molecule has 180 valence electrons. The molecule has 1 unspecified atom stereocenters. The fourth-order valence-corrected chi connectivity index (χ4v) is 6.81. The van der Waals surface area contributed by atoms with Gasteiger partial charge in [0, 0.05) is 25.3 Å². The number of hydrogen-bond acceptors (Lipinski definition) is 4. The van der Waals surface area contributed by atoms with E-state index in [4.69, 9.17) is 0 Å². The topological polar surface area (TPSA) is 34.0 Å². The summed E-state index contributed by atoms with van der Waals surface area (Å²) in [5, 5.41) is 9.97. The lowest BCUT2D eigenvalue weighted by Gasteiger charge is -2.20. The minimum absolute atomic E-state index is 0.283. The van der Waals surface area contributed by atoms with Crippen molar-refractivity contribution in [2.24, 2.45) is 12.5 Å². The van der Waals surface area contributed by atoms with E-state index in [9.17, 15) is 13.2 Å². The lowest BCUT2D eigenvalue weighted by Crippen LogP contribution is -2.23. The van der Waals surface area contributed by atoms with Gasteiger partial charge in [0.15, 0.2) is 5.16 Å². The Hall–Kier alpha value is -1.54. The summed E-state index contributed by atoms with van der Waals surface area (Å²) in [6, 6.07) is 5.84. The van der Waals surface area contributed by atoms with Crippen LogP contribution in [0.4, 0.5) is 13.2 Å². The largest absolute Gasteiger partial charge is 0.416 e. The molecule has 0 bridgehead atoms. The van der Waals surface area contributed by atoms with Crippen LogP contribution in [0, 0.1) is 5.41 Å². The van der Waals surface area contributed by atoms with Gasteiger partial charge >= 0.3 is 6.18 Å². The first-order chi connectivity index (χ1) is 15.9. The third-order valence-electron chi connectivity index (χ3n) is 7.98. The van der Waals surface area contributed by atoms with E-state index >= 15 is 0 Å². The lowest BCUT2D eigenvalue weighted by molar-refractivity contribution is -0.137. The number of nitrogens with zero attached hydrogens (tertiary/aromatic N) is 4. The van der Waals surface area contributed by atoms with Gasteiger partial charge in [-0.1, -0.05) is 43.2 Å². The molecule has 1 spiro atoms. The van der Waals surface area contributed by atoms with Crippen LogP contribution in [0.15, 0.2) is 29.4 Å². The third-order valence-corrected chi connectivity index (χ3v) is 9.09. The van der Waals surface area contributed by atoms with E-state index in [0.29, 0.717) is 11.8 Å². The fourth-order valence-electron chi connectivity index (χ4n) is 5.97. The highest BCUT2D eigenvalue weighted by Crippen LogP contribution is 2.64. The summed E-state index contributed by atoms with van der Waals surface area (Å²) in [5.41, 5.74) is 0.794. The standard InChI is InChI=1S/C25H33F3N4S/c1-31-22(19-6-3-2-4-7-19)29-30-23(31)33-15-5-13-32-14-12-24(17-32)16-21(24)18-8-10-20(11-9-18)25(26,27)28/h8-11,19,21H,2-7,12-17H2,1H3/t21-,24?/m0/s1. The molecular weight excluding hydrogens is 445 g/mol. The van der Waals surface area contributed by atoms with Gasteiger partial charge in [-0.25, -0.2) is 0 Å². The smallest absolute Gasteiger partial charge is 0.309 e. The SMILES string of the molecule is Cn1c(SCCCN2CCC3(C[C@H]3c3ccc(C(F)(F)F)cc3)C2)nnc1C1CCCCC1. The van der Waals surface area contributed by atoms with E-state index in [1.165, 1.54) is 44.2 Å². The Morgan fingerprint density at radius 2 is 1.85 bits per heavy atom. The average molecular weight is 479 g/mol. The summed E-state index contributed by atoms with van der Waals surface area (Å²) < 4.78 is 40.7. The normalized spacial score (nSPS) is 26.4. The number of likely N-dealkylation sites (tertiary alicyclic amines) is 1. The van der Waals surface area contributed by atoms with E-state index in [2.05, 4.69) is 26.7 Å². The summed E-state index contributed by atoms with van der Waals surface area (Å²) in [6.45, 7) is 3.23. The van der Waals surface area contributed by atoms with Gasteiger partial charge in [-0.2, -0.15) is 13.2 Å². The highest BCUT2D eigenvalue weighted by molar-refractivity contribution is 7.99. The van der Waals surface area contributed by atoms with Crippen molar-refractivity contribution in [1.29, 1.82) is 0 Å². The highest BCUT2D eigenvalue weighted by Gasteiger charge is 2.57. The van der Waals surface area contributed by atoms with Gasteiger partial charge < -0.3 is 9.47 Å². The van der Waals surface area contributed by atoms with E-state index < -0.39 is 11.7 Å². The number of halogens is 3. The molecular formula is C25H33F3N4S. The van der Waals surface area contributed by atoms with Crippen LogP contribution in [0.2, 0.25) is 0 Å². The lowest BCUT2D eigenvalue weighted by atomic mass is 9.89. The van der Waals surface area contributed by atoms with Crippen LogP contribution in [-0.4, -0.2) is 45.1 Å². The molecule has 5 rings (SSSR count). The minimum atomic E-state index is -4.26. The van der Waals surface area contributed by atoms with Crippen molar-refractivity contribution in [3.63, 3.8) is 0 Å². The van der Waals surface area contributed by atoms with Gasteiger partial charge in [-0.3, -0.25) is 0 Å². The van der Waals surface area contributed by atoms with Crippen molar-refractivity contribution in [1.82, 2.24) is 19.7 Å². The molecule has 0 N–H and O–H groups in total. The number of alkyl halides is 3. The minimum Gasteiger partial charge on any atom is -0.309 e. The van der Waals surface area contributed by atoms with Gasteiger partial charge in [-0.05, 0) is 74.2 Å². The molecule has 0 amide bonds. The zero-order chi connectivity index (χ0) is 23.1. The van der Waals surface area contributed by atoms with Gasteiger partial charge in [0.05, 0.1) is 5.56 Å². The third kappa shape index (κ3) is 4.97. The maximum absolute atomic E-state index is 12.8. The quantitative estimate of drug-likeness (QED) is 0.348. The van der Waals surface area contributed by atoms with Gasteiger partial charge in [0.2, 0.25) is 0 Å². The van der Waals surface area contributed by atoms with Crippen LogP contribution in [0.5, 0.6) is 0 Å². The number of thioether (sulfide) groups is 1. The molecule has 2 aliphatic carbocycles. The second-order valence-electron chi connectivity index (χ2n) is 10.2. The second kappa shape index (κ2) is 9.25. The summed E-state index contributed by atoms with van der Waals surface area (Å²) in [7, 11) is 2.10. The van der Waals surface area contributed by atoms with Gasteiger partial charge in [0.1, 0.15) is 5.82 Å². The molecule has 1 aromatic heterocycles. The first kappa shape index (κ1) is 23.2. The van der Waals surface area contributed by atoms with Crippen LogP contribution >= 0.6 is 11.8 Å².